The third-order valence-corrected chi connectivity index (χ3v) is 7.17. The summed E-state index contributed by atoms with van der Waals surface area (Å²) in [7, 11) is 0. The van der Waals surface area contributed by atoms with Gasteiger partial charge in [-0.1, -0.05) is 39.3 Å². The second-order valence-electron chi connectivity index (χ2n) is 9.75. The fraction of sp³-hybridized carbons (Fsp3) is 0.900. The number of aliphatic hydroxyl groups excluding tert-OH is 4. The minimum Gasteiger partial charge on any atom is -0.394 e. The third kappa shape index (κ3) is 3.36. The molecule has 0 aliphatic heterocycles. The highest BCUT2D eigenvalue weighted by atomic mass is 16.4. The van der Waals surface area contributed by atoms with Crippen LogP contribution in [0.15, 0.2) is 12.2 Å². The minimum absolute atomic E-state index is 0.205. The van der Waals surface area contributed by atoms with Crippen molar-refractivity contribution in [3.05, 3.63) is 12.2 Å². The molecule has 6 N–H and O–H groups in total. The summed E-state index contributed by atoms with van der Waals surface area (Å²) >= 11 is 0. The van der Waals surface area contributed by atoms with E-state index >= 15 is 0 Å². The van der Waals surface area contributed by atoms with Crippen LogP contribution in [0.1, 0.15) is 53.9 Å². The lowest BCUT2D eigenvalue weighted by atomic mass is 9.44. The van der Waals surface area contributed by atoms with E-state index in [0.717, 1.165) is 19.3 Å². The van der Waals surface area contributed by atoms with Crippen LogP contribution < -0.4 is 0 Å². The van der Waals surface area contributed by atoms with Gasteiger partial charge in [-0.25, -0.2) is 0 Å². The first-order chi connectivity index (χ1) is 11.7. The number of hydrogen-bond acceptors (Lipinski definition) is 6. The van der Waals surface area contributed by atoms with Gasteiger partial charge in [0.2, 0.25) is 0 Å². The summed E-state index contributed by atoms with van der Waals surface area (Å²) in [6, 6.07) is 0. The maximum absolute atomic E-state index is 11.1. The molecule has 0 aromatic heterocycles. The lowest BCUT2D eigenvalue weighted by Crippen LogP contribution is -2.69. The van der Waals surface area contributed by atoms with Crippen LogP contribution in [0.3, 0.4) is 0 Å². The fourth-order valence-corrected chi connectivity index (χ4v) is 5.71. The summed E-state index contributed by atoms with van der Waals surface area (Å²) in [4.78, 5) is 0. The molecule has 6 nitrogen and oxygen atoms in total. The molecule has 0 heterocycles. The Morgan fingerprint density at radius 1 is 1.15 bits per heavy atom. The van der Waals surface area contributed by atoms with E-state index in [1.165, 1.54) is 19.9 Å². The molecule has 8 atom stereocenters. The van der Waals surface area contributed by atoms with Crippen molar-refractivity contribution in [2.45, 2.75) is 83.4 Å². The van der Waals surface area contributed by atoms with Crippen LogP contribution in [0.25, 0.3) is 0 Å². The Labute approximate surface area is 156 Å². The zero-order chi connectivity index (χ0) is 20.1. The number of fused-ring (bicyclic) bond motifs is 1. The lowest BCUT2D eigenvalue weighted by Gasteiger charge is -2.63. The SMILES string of the molecule is CC1(C)CCC[C@@]2(C)[C@H]1[C@@H](O)[C@H](O)[C@@](C)(O)[C@@H]2/C=C/[C@](C)(O)[C@H](O)CO. The van der Waals surface area contributed by atoms with E-state index in [2.05, 4.69) is 13.8 Å². The van der Waals surface area contributed by atoms with Gasteiger partial charge in [0.1, 0.15) is 17.8 Å². The molecule has 2 aliphatic carbocycles. The number of hydrogen-bond donors (Lipinski definition) is 6. The molecule has 2 rings (SSSR count). The van der Waals surface area contributed by atoms with E-state index in [-0.39, 0.29) is 11.3 Å². The fourth-order valence-electron chi connectivity index (χ4n) is 5.71. The van der Waals surface area contributed by atoms with Crippen LogP contribution in [0.4, 0.5) is 0 Å². The maximum atomic E-state index is 11.1. The minimum atomic E-state index is -1.66. The Kier molecular flexibility index (Phi) is 5.73. The van der Waals surface area contributed by atoms with Gasteiger partial charge in [0.05, 0.1) is 18.3 Å². The van der Waals surface area contributed by atoms with Gasteiger partial charge < -0.3 is 30.6 Å². The van der Waals surface area contributed by atoms with E-state index in [1.54, 1.807) is 6.08 Å². The Bertz CT molecular complexity index is 540. The zero-order valence-corrected chi connectivity index (χ0v) is 16.6. The van der Waals surface area contributed by atoms with Crippen LogP contribution >= 0.6 is 0 Å². The first kappa shape index (κ1) is 21.8. The van der Waals surface area contributed by atoms with E-state index in [1.807, 2.05) is 6.92 Å². The molecule has 0 aromatic rings. The Balaban J connectivity index is 2.51. The molecule has 2 aliphatic rings. The van der Waals surface area contributed by atoms with E-state index < -0.39 is 47.5 Å². The van der Waals surface area contributed by atoms with E-state index in [0.29, 0.717) is 0 Å². The Hall–Kier alpha value is -0.500. The molecule has 2 fully saturated rings. The molecule has 2 saturated carbocycles. The standard InChI is InChI=1S/C20H36O6/c1-17(2)8-6-9-18(3)12(7-10-19(4,25)13(22)11-21)20(5,26)16(24)14(23)15(17)18/h7,10,12-16,21-26H,6,8-9,11H2,1-5H3/b10-7+/t12-,13-,14-,15+,16+,18-,19+,20+/m1/s1. The molecule has 152 valence electrons. The maximum Gasteiger partial charge on any atom is 0.109 e. The average Bonchev–Trinajstić information content (AvgIpc) is 2.50. The van der Waals surface area contributed by atoms with Crippen molar-refractivity contribution in [3.8, 4) is 0 Å². The summed E-state index contributed by atoms with van der Waals surface area (Å²) in [6.07, 6.45) is 1.97. The molecule has 0 saturated heterocycles. The first-order valence-corrected chi connectivity index (χ1v) is 9.51. The molecule has 26 heavy (non-hydrogen) atoms. The van der Waals surface area contributed by atoms with Crippen molar-refractivity contribution in [1.29, 1.82) is 0 Å². The first-order valence-electron chi connectivity index (χ1n) is 9.51. The normalized spacial score (nSPS) is 46.6. The molecule has 0 aromatic carbocycles. The molecule has 0 radical (unpaired) electrons. The van der Waals surface area contributed by atoms with Gasteiger partial charge in [0.25, 0.3) is 0 Å². The second kappa shape index (κ2) is 6.83. The summed E-state index contributed by atoms with van der Waals surface area (Å²) in [5, 5.41) is 61.9. The van der Waals surface area contributed by atoms with Gasteiger partial charge in [-0.05, 0) is 43.4 Å². The zero-order valence-electron chi connectivity index (χ0n) is 16.6. The molecule has 0 amide bonds. The molecule has 0 spiro atoms. The predicted octanol–water partition coefficient (Wildman–Crippen LogP) is 0.582. The summed E-state index contributed by atoms with van der Waals surface area (Å²) < 4.78 is 0. The van der Waals surface area contributed by atoms with E-state index in [4.69, 9.17) is 5.11 Å². The predicted molar refractivity (Wildman–Crippen MR) is 98.2 cm³/mol. The van der Waals surface area contributed by atoms with Crippen LogP contribution in [-0.4, -0.2) is 66.8 Å². The van der Waals surface area contributed by atoms with Crippen LogP contribution in [0.5, 0.6) is 0 Å². The van der Waals surface area contributed by atoms with Crippen molar-refractivity contribution in [2.75, 3.05) is 6.61 Å². The van der Waals surface area contributed by atoms with Crippen molar-refractivity contribution < 1.29 is 30.6 Å². The van der Waals surface area contributed by atoms with Gasteiger partial charge in [0, 0.05) is 5.92 Å². The Morgan fingerprint density at radius 3 is 2.27 bits per heavy atom. The van der Waals surface area contributed by atoms with Gasteiger partial charge in [0.15, 0.2) is 0 Å². The van der Waals surface area contributed by atoms with Gasteiger partial charge in [-0.2, -0.15) is 0 Å². The van der Waals surface area contributed by atoms with Gasteiger partial charge >= 0.3 is 0 Å². The van der Waals surface area contributed by atoms with Crippen LogP contribution in [0, 0.1) is 22.7 Å². The molecular formula is C20H36O6. The van der Waals surface area contributed by atoms with Crippen LogP contribution in [0.2, 0.25) is 0 Å². The largest absolute Gasteiger partial charge is 0.394 e. The number of aliphatic hydroxyl groups is 6. The second-order valence-corrected chi connectivity index (χ2v) is 9.75. The van der Waals surface area contributed by atoms with Crippen molar-refractivity contribution in [2.24, 2.45) is 22.7 Å². The average molecular weight is 373 g/mol. The molecule has 6 heteroatoms. The summed E-state index contributed by atoms with van der Waals surface area (Å²) in [5.74, 6) is -0.753. The third-order valence-electron chi connectivity index (χ3n) is 7.17. The topological polar surface area (TPSA) is 121 Å². The smallest absolute Gasteiger partial charge is 0.109 e. The Morgan fingerprint density at radius 2 is 1.73 bits per heavy atom. The lowest BCUT2D eigenvalue weighted by molar-refractivity contribution is -0.255. The highest BCUT2D eigenvalue weighted by Gasteiger charge is 2.64. The van der Waals surface area contributed by atoms with Crippen molar-refractivity contribution in [3.63, 3.8) is 0 Å². The van der Waals surface area contributed by atoms with E-state index in [9.17, 15) is 25.5 Å². The van der Waals surface area contributed by atoms with Gasteiger partial charge in [-0.15, -0.1) is 0 Å². The quantitative estimate of drug-likeness (QED) is 0.402. The van der Waals surface area contributed by atoms with Gasteiger partial charge in [-0.3, -0.25) is 0 Å². The molecule has 0 unspecified atom stereocenters. The van der Waals surface area contributed by atoms with Crippen molar-refractivity contribution in [1.82, 2.24) is 0 Å². The summed E-state index contributed by atoms with van der Waals surface area (Å²) in [6.45, 7) is 8.49. The molecular weight excluding hydrogens is 336 g/mol. The van der Waals surface area contributed by atoms with Crippen LogP contribution in [-0.2, 0) is 0 Å². The summed E-state index contributed by atoms with van der Waals surface area (Å²) in [5.41, 5.74) is -3.94. The highest BCUT2D eigenvalue weighted by molar-refractivity contribution is 5.20. The highest BCUT2D eigenvalue weighted by Crippen LogP contribution is 2.62. The van der Waals surface area contributed by atoms with Crippen molar-refractivity contribution >= 4 is 0 Å². The monoisotopic (exact) mass is 372 g/mol. The molecule has 0 bridgehead atoms. The number of rotatable bonds is 4.